The second kappa shape index (κ2) is 4.82. The van der Waals surface area contributed by atoms with Crippen molar-refractivity contribution in [1.82, 2.24) is 0 Å². The van der Waals surface area contributed by atoms with Gasteiger partial charge in [-0.2, -0.15) is 0 Å². The minimum atomic E-state index is -2.76. The fourth-order valence-corrected chi connectivity index (χ4v) is 1.11. The summed E-state index contributed by atoms with van der Waals surface area (Å²) in [4.78, 5) is 11.0. The van der Waals surface area contributed by atoms with Gasteiger partial charge < -0.3 is 4.74 Å². The molecule has 0 spiro atoms. The minimum Gasteiger partial charge on any atom is -0.361 e. The number of ketones is 1. The van der Waals surface area contributed by atoms with Crippen LogP contribution in [0.15, 0.2) is 0 Å². The van der Waals surface area contributed by atoms with Gasteiger partial charge in [-0.25, -0.2) is 8.78 Å². The lowest BCUT2D eigenvalue weighted by molar-refractivity contribution is -0.186. The van der Waals surface area contributed by atoms with Gasteiger partial charge in [-0.3, -0.25) is 4.79 Å². The van der Waals surface area contributed by atoms with Gasteiger partial charge in [-0.15, -0.1) is 0 Å². The van der Waals surface area contributed by atoms with Gasteiger partial charge in [0.15, 0.2) is 5.78 Å². The first-order chi connectivity index (χ1) is 6.36. The molecule has 0 bridgehead atoms. The first-order valence-electron chi connectivity index (χ1n) is 4.89. The third-order valence-electron chi connectivity index (χ3n) is 2.31. The van der Waals surface area contributed by atoms with Gasteiger partial charge in [0.1, 0.15) is 12.2 Å². The first kappa shape index (κ1) is 13.5. The number of alkyl halides is 2. The quantitative estimate of drug-likeness (QED) is 0.662. The van der Waals surface area contributed by atoms with Crippen LogP contribution in [-0.2, 0) is 9.53 Å². The average Bonchev–Trinajstić information content (AvgIpc) is 2.14. The molecular formula is C10H18F2O2. The molecule has 1 aliphatic heterocycles. The third-order valence-corrected chi connectivity index (χ3v) is 2.31. The standard InChI is InChI=1S/C8H12F2O2.C2H6/c1-6(11)7(2)3-4-8(9,10)5-12-7;1-2/h3-5H2,1-2H3;1-2H3/t7-;/m0./s1. The number of Topliss-reactive ketones (excluding diaryl/α,β-unsaturated/α-hetero) is 1. The highest BCUT2D eigenvalue weighted by Crippen LogP contribution is 2.34. The van der Waals surface area contributed by atoms with E-state index in [2.05, 4.69) is 0 Å². The maximum Gasteiger partial charge on any atom is 0.271 e. The van der Waals surface area contributed by atoms with Gasteiger partial charge in [0.25, 0.3) is 5.92 Å². The Morgan fingerprint density at radius 2 is 1.79 bits per heavy atom. The highest BCUT2D eigenvalue weighted by Gasteiger charge is 2.44. The lowest BCUT2D eigenvalue weighted by Crippen LogP contribution is -2.46. The molecule has 0 saturated carbocycles. The second-order valence-electron chi connectivity index (χ2n) is 3.43. The van der Waals surface area contributed by atoms with E-state index in [-0.39, 0.29) is 18.6 Å². The fourth-order valence-electron chi connectivity index (χ4n) is 1.11. The molecule has 0 amide bonds. The zero-order chi connectivity index (χ0) is 11.4. The SMILES string of the molecule is CC.CC(=O)[C@]1(C)CCC(F)(F)CO1. The van der Waals surface area contributed by atoms with Gasteiger partial charge in [0, 0.05) is 6.42 Å². The zero-order valence-electron chi connectivity index (χ0n) is 9.19. The fraction of sp³-hybridized carbons (Fsp3) is 0.900. The van der Waals surface area contributed by atoms with Crippen LogP contribution >= 0.6 is 0 Å². The van der Waals surface area contributed by atoms with Crippen molar-refractivity contribution < 1.29 is 18.3 Å². The lowest BCUT2D eigenvalue weighted by Gasteiger charge is -2.35. The van der Waals surface area contributed by atoms with Crippen LogP contribution in [0.2, 0.25) is 0 Å². The van der Waals surface area contributed by atoms with Crippen LogP contribution < -0.4 is 0 Å². The van der Waals surface area contributed by atoms with Crippen LogP contribution in [0, 0.1) is 0 Å². The Balaban J connectivity index is 0.000000791. The molecule has 1 aliphatic rings. The Kier molecular flexibility index (Phi) is 4.65. The molecular weight excluding hydrogens is 190 g/mol. The maximum atomic E-state index is 12.6. The van der Waals surface area contributed by atoms with E-state index in [1.54, 1.807) is 6.92 Å². The molecule has 0 unspecified atom stereocenters. The summed E-state index contributed by atoms with van der Waals surface area (Å²) in [7, 11) is 0. The molecule has 1 heterocycles. The number of rotatable bonds is 1. The molecule has 0 radical (unpaired) electrons. The molecule has 1 saturated heterocycles. The summed E-state index contributed by atoms with van der Waals surface area (Å²) >= 11 is 0. The molecule has 1 rings (SSSR count). The summed E-state index contributed by atoms with van der Waals surface area (Å²) in [5.74, 6) is -2.94. The number of carbonyl (C=O) groups is 1. The Labute approximate surface area is 83.6 Å². The van der Waals surface area contributed by atoms with E-state index >= 15 is 0 Å². The predicted molar refractivity (Wildman–Crippen MR) is 50.6 cm³/mol. The van der Waals surface area contributed by atoms with Crippen molar-refractivity contribution in [3.63, 3.8) is 0 Å². The molecule has 14 heavy (non-hydrogen) atoms. The Morgan fingerprint density at radius 3 is 2.07 bits per heavy atom. The first-order valence-corrected chi connectivity index (χ1v) is 4.89. The van der Waals surface area contributed by atoms with Crippen molar-refractivity contribution in [2.24, 2.45) is 0 Å². The average molecular weight is 208 g/mol. The summed E-state index contributed by atoms with van der Waals surface area (Å²) < 4.78 is 30.0. The summed E-state index contributed by atoms with van der Waals surface area (Å²) in [6, 6.07) is 0. The molecule has 0 aliphatic carbocycles. The number of carbonyl (C=O) groups excluding carboxylic acids is 1. The number of ether oxygens (including phenoxy) is 1. The van der Waals surface area contributed by atoms with Crippen molar-refractivity contribution in [1.29, 1.82) is 0 Å². The molecule has 1 fully saturated rings. The van der Waals surface area contributed by atoms with Crippen LogP contribution in [0.4, 0.5) is 8.78 Å². The number of halogens is 2. The normalized spacial score (nSPS) is 30.1. The number of hydrogen-bond acceptors (Lipinski definition) is 2. The van der Waals surface area contributed by atoms with Gasteiger partial charge in [0.05, 0.1) is 0 Å². The zero-order valence-corrected chi connectivity index (χ0v) is 9.19. The van der Waals surface area contributed by atoms with E-state index in [1.807, 2.05) is 13.8 Å². The Hall–Kier alpha value is -0.510. The van der Waals surface area contributed by atoms with E-state index in [4.69, 9.17) is 4.74 Å². The van der Waals surface area contributed by atoms with Crippen molar-refractivity contribution in [2.75, 3.05) is 6.61 Å². The molecule has 4 heteroatoms. The van der Waals surface area contributed by atoms with E-state index in [0.29, 0.717) is 0 Å². The third kappa shape index (κ3) is 3.33. The molecule has 0 aromatic carbocycles. The summed E-state index contributed by atoms with van der Waals surface area (Å²) in [6.45, 7) is 6.29. The maximum absolute atomic E-state index is 12.6. The Morgan fingerprint density at radius 1 is 1.29 bits per heavy atom. The molecule has 84 valence electrons. The molecule has 2 nitrogen and oxygen atoms in total. The predicted octanol–water partition coefficient (Wildman–Crippen LogP) is 2.81. The molecule has 0 N–H and O–H groups in total. The summed E-state index contributed by atoms with van der Waals surface area (Å²) in [5.41, 5.74) is -0.984. The van der Waals surface area contributed by atoms with Crippen LogP contribution in [-0.4, -0.2) is 23.9 Å². The molecule has 0 aromatic heterocycles. The highest BCUT2D eigenvalue weighted by molar-refractivity contribution is 5.84. The van der Waals surface area contributed by atoms with Crippen LogP contribution in [0.3, 0.4) is 0 Å². The minimum absolute atomic E-state index is 0.106. The monoisotopic (exact) mass is 208 g/mol. The van der Waals surface area contributed by atoms with Gasteiger partial charge in [0.2, 0.25) is 0 Å². The summed E-state index contributed by atoms with van der Waals surface area (Å²) in [5, 5.41) is 0. The van der Waals surface area contributed by atoms with E-state index in [0.717, 1.165) is 0 Å². The largest absolute Gasteiger partial charge is 0.361 e. The lowest BCUT2D eigenvalue weighted by atomic mass is 9.91. The van der Waals surface area contributed by atoms with E-state index in [1.165, 1.54) is 6.92 Å². The second-order valence-corrected chi connectivity index (χ2v) is 3.43. The highest BCUT2D eigenvalue weighted by atomic mass is 19.3. The number of hydrogen-bond donors (Lipinski definition) is 0. The van der Waals surface area contributed by atoms with E-state index in [9.17, 15) is 13.6 Å². The van der Waals surface area contributed by atoms with Crippen LogP contribution in [0.25, 0.3) is 0 Å². The van der Waals surface area contributed by atoms with E-state index < -0.39 is 18.1 Å². The van der Waals surface area contributed by atoms with Crippen LogP contribution in [0.1, 0.15) is 40.5 Å². The Bertz CT molecular complexity index is 192. The van der Waals surface area contributed by atoms with Crippen molar-refractivity contribution in [2.45, 2.75) is 52.1 Å². The van der Waals surface area contributed by atoms with Gasteiger partial charge in [-0.1, -0.05) is 13.8 Å². The van der Waals surface area contributed by atoms with Crippen molar-refractivity contribution >= 4 is 5.78 Å². The van der Waals surface area contributed by atoms with Gasteiger partial charge in [-0.05, 0) is 20.3 Å². The smallest absolute Gasteiger partial charge is 0.271 e. The topological polar surface area (TPSA) is 26.3 Å². The molecule has 0 aromatic rings. The van der Waals surface area contributed by atoms with Crippen molar-refractivity contribution in [3.8, 4) is 0 Å². The van der Waals surface area contributed by atoms with Crippen molar-refractivity contribution in [3.05, 3.63) is 0 Å². The van der Waals surface area contributed by atoms with Gasteiger partial charge >= 0.3 is 0 Å². The molecule has 1 atom stereocenters. The van der Waals surface area contributed by atoms with Crippen LogP contribution in [0.5, 0.6) is 0 Å². The summed E-state index contributed by atoms with van der Waals surface area (Å²) in [6.07, 6.45) is -0.154.